The van der Waals surface area contributed by atoms with E-state index in [1.165, 1.54) is 38.6 Å². The average molecular weight is 208 g/mol. The van der Waals surface area contributed by atoms with Crippen LogP contribution in [0.5, 0.6) is 0 Å². The number of nitrogens with one attached hydrogen (secondary N) is 1. The van der Waals surface area contributed by atoms with E-state index in [1.807, 2.05) is 0 Å². The van der Waals surface area contributed by atoms with Crippen molar-refractivity contribution in [3.05, 3.63) is 0 Å². The summed E-state index contributed by atoms with van der Waals surface area (Å²) in [6.07, 6.45) is 6.84. The molecule has 0 aromatic heterocycles. The van der Waals surface area contributed by atoms with E-state index in [1.54, 1.807) is 0 Å². The highest BCUT2D eigenvalue weighted by Crippen LogP contribution is 2.06. The summed E-state index contributed by atoms with van der Waals surface area (Å²) in [5, 5.41) is 3.35. The van der Waals surface area contributed by atoms with Crippen molar-refractivity contribution < 1.29 is 4.74 Å². The Labute approximate surface area is 87.8 Å². The van der Waals surface area contributed by atoms with Crippen molar-refractivity contribution in [3.8, 4) is 0 Å². The lowest BCUT2D eigenvalue weighted by molar-refractivity contribution is 0.0349. The van der Waals surface area contributed by atoms with Gasteiger partial charge < -0.3 is 10.1 Å². The maximum Gasteiger partial charge on any atom is 0.0699 e. The zero-order chi connectivity index (χ0) is 8.65. The lowest BCUT2D eigenvalue weighted by atomic mass is 10.1. The van der Waals surface area contributed by atoms with Gasteiger partial charge in [0.05, 0.1) is 6.10 Å². The van der Waals surface area contributed by atoms with Crippen LogP contribution < -0.4 is 5.32 Å². The molecule has 0 spiro atoms. The van der Waals surface area contributed by atoms with Crippen molar-refractivity contribution in [2.24, 2.45) is 0 Å². The van der Waals surface area contributed by atoms with Crippen molar-refractivity contribution in [2.45, 2.75) is 45.1 Å². The Bertz CT molecular complexity index is 105. The van der Waals surface area contributed by atoms with Gasteiger partial charge in [-0.1, -0.05) is 19.8 Å². The van der Waals surface area contributed by atoms with E-state index < -0.39 is 0 Å². The molecule has 1 rings (SSSR count). The molecule has 1 heterocycles. The minimum Gasteiger partial charge on any atom is -0.377 e. The van der Waals surface area contributed by atoms with E-state index in [2.05, 4.69) is 12.2 Å². The van der Waals surface area contributed by atoms with Gasteiger partial charge in [0.25, 0.3) is 0 Å². The number of unbranched alkanes of at least 4 members (excludes halogenated alkanes) is 2. The number of rotatable bonds is 5. The first-order valence-electron chi connectivity index (χ1n) is 5.26. The Balaban J connectivity index is 0.00000144. The SMILES string of the molecule is CCCCCOC1CCCNC1.Cl. The van der Waals surface area contributed by atoms with Crippen LogP contribution in [0.3, 0.4) is 0 Å². The molecule has 2 nitrogen and oxygen atoms in total. The summed E-state index contributed by atoms with van der Waals surface area (Å²) in [6.45, 7) is 5.42. The first-order chi connectivity index (χ1) is 5.93. The first kappa shape index (κ1) is 13.2. The maximum absolute atomic E-state index is 5.72. The van der Waals surface area contributed by atoms with Gasteiger partial charge in [0.2, 0.25) is 0 Å². The van der Waals surface area contributed by atoms with Gasteiger partial charge in [0.15, 0.2) is 0 Å². The lowest BCUT2D eigenvalue weighted by Gasteiger charge is -2.22. The van der Waals surface area contributed by atoms with E-state index in [9.17, 15) is 0 Å². The molecule has 1 saturated heterocycles. The summed E-state index contributed by atoms with van der Waals surface area (Å²) in [7, 11) is 0. The molecule has 80 valence electrons. The molecule has 1 fully saturated rings. The number of hydrogen-bond acceptors (Lipinski definition) is 2. The van der Waals surface area contributed by atoms with Gasteiger partial charge in [-0.3, -0.25) is 0 Å². The van der Waals surface area contributed by atoms with Crippen molar-refractivity contribution in [1.82, 2.24) is 5.32 Å². The smallest absolute Gasteiger partial charge is 0.0699 e. The zero-order valence-corrected chi connectivity index (χ0v) is 9.37. The Morgan fingerprint density at radius 1 is 1.38 bits per heavy atom. The maximum atomic E-state index is 5.72. The summed E-state index contributed by atoms with van der Waals surface area (Å²) < 4.78 is 5.72. The minimum atomic E-state index is 0. The van der Waals surface area contributed by atoms with Crippen LogP contribution in [-0.2, 0) is 4.74 Å². The Kier molecular flexibility index (Phi) is 8.93. The molecule has 0 bridgehead atoms. The van der Waals surface area contributed by atoms with Crippen molar-refractivity contribution in [1.29, 1.82) is 0 Å². The van der Waals surface area contributed by atoms with Crippen LogP contribution in [-0.4, -0.2) is 25.8 Å². The predicted octanol–water partition coefficient (Wildman–Crippen LogP) is 2.37. The molecule has 0 radical (unpaired) electrons. The van der Waals surface area contributed by atoms with Gasteiger partial charge in [-0.25, -0.2) is 0 Å². The summed E-state index contributed by atoms with van der Waals surface area (Å²) >= 11 is 0. The average Bonchev–Trinajstić information content (AvgIpc) is 2.14. The van der Waals surface area contributed by atoms with Crippen LogP contribution in [0.25, 0.3) is 0 Å². The standard InChI is InChI=1S/C10H21NO.ClH/c1-2-3-4-8-12-10-6-5-7-11-9-10;/h10-11H,2-9H2,1H3;1H. The first-order valence-corrected chi connectivity index (χ1v) is 5.26. The summed E-state index contributed by atoms with van der Waals surface area (Å²) in [5.74, 6) is 0. The van der Waals surface area contributed by atoms with E-state index in [0.29, 0.717) is 6.10 Å². The van der Waals surface area contributed by atoms with Gasteiger partial charge in [0.1, 0.15) is 0 Å². The number of piperidine rings is 1. The molecular formula is C10H22ClNO. The number of halogens is 1. The molecule has 1 unspecified atom stereocenters. The van der Waals surface area contributed by atoms with Crippen LogP contribution in [0.2, 0.25) is 0 Å². The van der Waals surface area contributed by atoms with Gasteiger partial charge >= 0.3 is 0 Å². The van der Waals surface area contributed by atoms with Gasteiger partial charge in [-0.2, -0.15) is 0 Å². The fourth-order valence-electron chi connectivity index (χ4n) is 1.56. The van der Waals surface area contributed by atoms with Gasteiger partial charge in [-0.05, 0) is 25.8 Å². The highest BCUT2D eigenvalue weighted by molar-refractivity contribution is 5.85. The predicted molar refractivity (Wildman–Crippen MR) is 58.6 cm³/mol. The molecular weight excluding hydrogens is 186 g/mol. The van der Waals surface area contributed by atoms with Crippen LogP contribution in [0.15, 0.2) is 0 Å². The third-order valence-corrected chi connectivity index (χ3v) is 2.35. The molecule has 1 aliphatic rings. The summed E-state index contributed by atoms with van der Waals surface area (Å²) in [4.78, 5) is 0. The largest absolute Gasteiger partial charge is 0.377 e. The molecule has 1 atom stereocenters. The molecule has 0 saturated carbocycles. The summed E-state index contributed by atoms with van der Waals surface area (Å²) in [5.41, 5.74) is 0. The normalized spacial score (nSPS) is 22.4. The molecule has 3 heteroatoms. The second-order valence-corrected chi connectivity index (χ2v) is 3.55. The molecule has 0 aromatic carbocycles. The molecule has 0 aliphatic carbocycles. The summed E-state index contributed by atoms with van der Waals surface area (Å²) in [6, 6.07) is 0. The fourth-order valence-corrected chi connectivity index (χ4v) is 1.56. The van der Waals surface area contributed by atoms with E-state index in [0.717, 1.165) is 13.2 Å². The quantitative estimate of drug-likeness (QED) is 0.699. The number of hydrogen-bond donors (Lipinski definition) is 1. The van der Waals surface area contributed by atoms with Crippen LogP contribution in [0, 0.1) is 0 Å². The molecule has 0 amide bonds. The fraction of sp³-hybridized carbons (Fsp3) is 1.00. The van der Waals surface area contributed by atoms with E-state index in [4.69, 9.17) is 4.74 Å². The Morgan fingerprint density at radius 2 is 2.23 bits per heavy atom. The third-order valence-electron chi connectivity index (χ3n) is 2.35. The van der Waals surface area contributed by atoms with Crippen LogP contribution in [0.1, 0.15) is 39.0 Å². The Hall–Kier alpha value is 0.210. The highest BCUT2D eigenvalue weighted by atomic mass is 35.5. The van der Waals surface area contributed by atoms with Crippen molar-refractivity contribution in [3.63, 3.8) is 0 Å². The lowest BCUT2D eigenvalue weighted by Crippen LogP contribution is -2.35. The zero-order valence-electron chi connectivity index (χ0n) is 8.55. The van der Waals surface area contributed by atoms with Gasteiger partial charge in [0, 0.05) is 13.2 Å². The molecule has 13 heavy (non-hydrogen) atoms. The highest BCUT2D eigenvalue weighted by Gasteiger charge is 2.11. The van der Waals surface area contributed by atoms with Crippen molar-refractivity contribution in [2.75, 3.05) is 19.7 Å². The van der Waals surface area contributed by atoms with Crippen LogP contribution in [0.4, 0.5) is 0 Å². The van der Waals surface area contributed by atoms with Crippen molar-refractivity contribution >= 4 is 12.4 Å². The number of ether oxygens (including phenoxy) is 1. The molecule has 0 aromatic rings. The van der Waals surface area contributed by atoms with Crippen LogP contribution >= 0.6 is 12.4 Å². The minimum absolute atomic E-state index is 0. The Morgan fingerprint density at radius 3 is 2.85 bits per heavy atom. The van der Waals surface area contributed by atoms with E-state index in [-0.39, 0.29) is 12.4 Å². The second-order valence-electron chi connectivity index (χ2n) is 3.55. The molecule has 1 aliphatic heterocycles. The third kappa shape index (κ3) is 6.30. The topological polar surface area (TPSA) is 21.3 Å². The van der Waals surface area contributed by atoms with E-state index >= 15 is 0 Å². The molecule has 1 N–H and O–H groups in total. The monoisotopic (exact) mass is 207 g/mol. The second kappa shape index (κ2) is 8.79. The van der Waals surface area contributed by atoms with Gasteiger partial charge in [-0.15, -0.1) is 12.4 Å².